The molecule has 0 aliphatic carbocycles. The molecule has 0 fully saturated rings. The summed E-state index contributed by atoms with van der Waals surface area (Å²) in [6.07, 6.45) is 24.8. The molecule has 0 aliphatic heterocycles. The number of hydrogen-bond donors (Lipinski definition) is 0. The maximum atomic E-state index is 4.31. The number of hydrogen-bond acceptors (Lipinski definition) is 16. The van der Waals surface area contributed by atoms with Crippen LogP contribution in [0.4, 0.5) is 0 Å². The van der Waals surface area contributed by atoms with Gasteiger partial charge in [-0.25, -0.2) is 19.9 Å². The minimum absolute atomic E-state index is 0.957. The number of para-hydroxylation sites is 1. The van der Waals surface area contributed by atoms with Gasteiger partial charge in [-0.2, -0.15) is 0 Å². The van der Waals surface area contributed by atoms with Crippen LogP contribution in [0.2, 0.25) is 0 Å². The Balaban J connectivity index is 0.000000578. The van der Waals surface area contributed by atoms with Crippen LogP contribution in [0.15, 0.2) is 245 Å². The largest absolute Gasteiger partial charge is 0.255 e. The summed E-state index contributed by atoms with van der Waals surface area (Å²) in [6.45, 7) is 48.2. The van der Waals surface area contributed by atoms with Crippen LogP contribution in [0.1, 0.15) is 156 Å². The first kappa shape index (κ1) is 90.5. The molecule has 0 bridgehead atoms. The molecular formula is C88H112N16. The molecule has 104 heavy (non-hydrogen) atoms. The van der Waals surface area contributed by atoms with Crippen molar-refractivity contribution in [3.8, 4) is 0 Å². The van der Waals surface area contributed by atoms with Gasteiger partial charge in [-0.05, 0) is 216 Å². The van der Waals surface area contributed by atoms with Crippen molar-refractivity contribution in [2.45, 2.75) is 166 Å². The number of fused-ring (bicyclic) bond motifs is 8. The van der Waals surface area contributed by atoms with Gasteiger partial charge in [0.15, 0.2) is 0 Å². The van der Waals surface area contributed by atoms with Gasteiger partial charge in [-0.15, -0.1) is 0 Å². The Bertz CT molecular complexity index is 4240. The van der Waals surface area contributed by atoms with Crippen LogP contribution < -0.4 is 0 Å². The number of aryl methyl sites for hydroxylation is 8. The first-order valence-electron chi connectivity index (χ1n) is 36.3. The molecule has 16 nitrogen and oxygen atoms in total. The van der Waals surface area contributed by atoms with E-state index < -0.39 is 0 Å². The lowest BCUT2D eigenvalue weighted by molar-refractivity contribution is 1.21. The Labute approximate surface area is 620 Å². The highest BCUT2D eigenvalue weighted by Gasteiger charge is 2.00. The zero-order valence-electron chi connectivity index (χ0n) is 66.2. The molecule has 0 atom stereocenters. The molecular weight excluding hydrogens is 1280 g/mol. The van der Waals surface area contributed by atoms with Gasteiger partial charge in [0.25, 0.3) is 0 Å². The fourth-order valence-electron chi connectivity index (χ4n) is 8.70. The molecule has 0 saturated heterocycles. The van der Waals surface area contributed by atoms with E-state index in [1.165, 1.54) is 22.3 Å². The molecule has 0 unspecified atom stereocenters. The Morgan fingerprint density at radius 2 is 0.548 bits per heavy atom. The molecule has 2 aromatic carbocycles. The van der Waals surface area contributed by atoms with E-state index in [4.69, 9.17) is 0 Å². The standard InChI is InChI=1S/8C9H8N2.8C2H6/c1-7-2-3-8-5-10-6-11-9(8)4-7;2*1-7-4-5-8-9(11-7)3-2-6-10-8;2*1-7-4-6-10-8-3-2-5-11-9(7)8;2*1-7-5-9-8(11-6-7)3-2-4-10-9;1-7-3-2-4-8-5-10-6-11-9(7)8;8*1-2/h8*2-6H,1H3;8*1-2H3. The van der Waals surface area contributed by atoms with Gasteiger partial charge >= 0.3 is 0 Å². The van der Waals surface area contributed by atoms with Crippen molar-refractivity contribution in [1.82, 2.24) is 79.7 Å². The van der Waals surface area contributed by atoms with Gasteiger partial charge in [0.05, 0.1) is 77.2 Å². The molecule has 544 valence electrons. The summed E-state index contributed by atoms with van der Waals surface area (Å²) in [5, 5.41) is 2.20. The Morgan fingerprint density at radius 3 is 0.971 bits per heavy atom. The molecule has 14 aromatic heterocycles. The predicted octanol–water partition coefficient (Wildman–Crippen LogP) is 23.7. The van der Waals surface area contributed by atoms with Crippen molar-refractivity contribution in [1.29, 1.82) is 0 Å². The van der Waals surface area contributed by atoms with Crippen LogP contribution in [0.5, 0.6) is 0 Å². The third-order valence-electron chi connectivity index (χ3n) is 13.2. The third kappa shape index (κ3) is 31.6. The molecule has 0 radical (unpaired) electrons. The average molecular weight is 1390 g/mol. The summed E-state index contributed by atoms with van der Waals surface area (Å²) < 4.78 is 0. The van der Waals surface area contributed by atoms with Crippen molar-refractivity contribution in [3.63, 3.8) is 0 Å². The van der Waals surface area contributed by atoms with Gasteiger partial charge in [-0.3, -0.25) is 59.8 Å². The number of pyridine rings is 12. The highest BCUT2D eigenvalue weighted by Crippen LogP contribution is 2.16. The average Bonchev–Trinajstić information content (AvgIpc) is 0.856. The number of benzene rings is 2. The molecule has 0 spiro atoms. The van der Waals surface area contributed by atoms with Crippen molar-refractivity contribution in [2.24, 2.45) is 0 Å². The minimum atomic E-state index is 0.957. The summed E-state index contributed by atoms with van der Waals surface area (Å²) in [6, 6.07) is 51.3. The van der Waals surface area contributed by atoms with Crippen molar-refractivity contribution in [2.75, 3.05) is 0 Å². The summed E-state index contributed by atoms with van der Waals surface area (Å²) in [5.74, 6) is 0. The van der Waals surface area contributed by atoms with Crippen LogP contribution in [-0.2, 0) is 0 Å². The lowest BCUT2D eigenvalue weighted by Crippen LogP contribution is -1.83. The lowest BCUT2D eigenvalue weighted by Gasteiger charge is -1.97. The molecule has 0 N–H and O–H groups in total. The van der Waals surface area contributed by atoms with E-state index >= 15 is 0 Å². The highest BCUT2D eigenvalue weighted by molar-refractivity contribution is 5.81. The van der Waals surface area contributed by atoms with Gasteiger partial charge in [-0.1, -0.05) is 141 Å². The zero-order valence-corrected chi connectivity index (χ0v) is 66.2. The molecule has 16 aromatic rings. The topological polar surface area (TPSA) is 206 Å². The maximum absolute atomic E-state index is 4.31. The summed E-state index contributed by atoms with van der Waals surface area (Å²) in [4.78, 5) is 66.7. The summed E-state index contributed by atoms with van der Waals surface area (Å²) >= 11 is 0. The third-order valence-corrected chi connectivity index (χ3v) is 13.2. The highest BCUT2D eigenvalue weighted by atomic mass is 14.8. The number of aromatic nitrogens is 16. The fraction of sp³-hybridized carbons (Fsp3) is 0.273. The maximum Gasteiger partial charge on any atom is 0.116 e. The SMILES string of the molecule is CC.CC.CC.CC.CC.CC.CC.CC.Cc1ccc2cncnc2c1.Cc1ccc2ncccc2n1.Cc1ccc2ncccc2n1.Cc1cccc2cncnc12.Cc1ccnc2cccnc12.Cc1ccnc2cccnc12.Cc1cnc2cccnc2c1.Cc1cnc2cccnc2c1. The Hall–Kier alpha value is -11.5. The Morgan fingerprint density at radius 1 is 0.202 bits per heavy atom. The minimum Gasteiger partial charge on any atom is -0.255 e. The molecule has 0 amide bonds. The van der Waals surface area contributed by atoms with E-state index in [9.17, 15) is 0 Å². The zero-order chi connectivity index (χ0) is 77.5. The smallest absolute Gasteiger partial charge is 0.116 e. The molecule has 16 heteroatoms. The van der Waals surface area contributed by atoms with Crippen LogP contribution >= 0.6 is 0 Å². The van der Waals surface area contributed by atoms with Crippen LogP contribution in [0.25, 0.3) is 88.0 Å². The lowest BCUT2D eigenvalue weighted by atomic mass is 10.2. The van der Waals surface area contributed by atoms with E-state index in [1.54, 1.807) is 62.2 Å². The van der Waals surface area contributed by atoms with Crippen molar-refractivity contribution < 1.29 is 0 Å². The normalized spacial score (nSPS) is 9.15. The predicted molar refractivity (Wildman–Crippen MR) is 445 cm³/mol. The van der Waals surface area contributed by atoms with Crippen LogP contribution in [-0.4, -0.2) is 79.7 Å². The second-order valence-electron chi connectivity index (χ2n) is 20.2. The van der Waals surface area contributed by atoms with Gasteiger partial charge < -0.3 is 0 Å². The summed E-state index contributed by atoms with van der Waals surface area (Å²) in [7, 11) is 0. The van der Waals surface area contributed by atoms with Crippen molar-refractivity contribution >= 4 is 88.0 Å². The van der Waals surface area contributed by atoms with E-state index in [1.807, 2.05) is 317 Å². The van der Waals surface area contributed by atoms with E-state index in [2.05, 4.69) is 112 Å². The van der Waals surface area contributed by atoms with E-state index in [-0.39, 0.29) is 0 Å². The quantitative estimate of drug-likeness (QED) is 0.138. The van der Waals surface area contributed by atoms with Crippen LogP contribution in [0.3, 0.4) is 0 Å². The Kier molecular flexibility index (Phi) is 48.0. The summed E-state index contributed by atoms with van der Waals surface area (Å²) in [5.41, 5.74) is 22.8. The monoisotopic (exact) mass is 1390 g/mol. The first-order chi connectivity index (χ1) is 50.9. The number of rotatable bonds is 0. The second-order valence-corrected chi connectivity index (χ2v) is 20.2. The molecule has 0 aliphatic rings. The van der Waals surface area contributed by atoms with Crippen molar-refractivity contribution in [3.05, 3.63) is 290 Å². The fourth-order valence-corrected chi connectivity index (χ4v) is 8.70. The van der Waals surface area contributed by atoms with Gasteiger partial charge in [0.2, 0.25) is 0 Å². The van der Waals surface area contributed by atoms with Crippen LogP contribution in [0, 0.1) is 55.4 Å². The first-order valence-corrected chi connectivity index (χ1v) is 36.3. The van der Waals surface area contributed by atoms with E-state index in [0.29, 0.717) is 0 Å². The molecule has 14 heterocycles. The molecule has 0 saturated carbocycles. The van der Waals surface area contributed by atoms with Gasteiger partial charge in [0.1, 0.15) is 12.7 Å². The van der Waals surface area contributed by atoms with E-state index in [0.717, 1.165) is 111 Å². The van der Waals surface area contributed by atoms with Gasteiger partial charge in [0, 0.05) is 96.5 Å². The number of nitrogens with zero attached hydrogens (tertiary/aromatic N) is 16. The molecule has 16 rings (SSSR count). The second kappa shape index (κ2) is 55.2.